The number of benzene rings is 2. The molecule has 0 aromatic heterocycles. The lowest BCUT2D eigenvalue weighted by Gasteiger charge is -2.29. The third-order valence-electron chi connectivity index (χ3n) is 4.58. The summed E-state index contributed by atoms with van der Waals surface area (Å²) in [5.74, 6) is 0.0318. The number of alkyl halides is 3. The summed E-state index contributed by atoms with van der Waals surface area (Å²) in [5.41, 5.74) is -0.637. The number of hydrogen-bond donors (Lipinski definition) is 1. The first-order valence-electron chi connectivity index (χ1n) is 8.91. The molecule has 0 spiro atoms. The van der Waals surface area contributed by atoms with E-state index < -0.39 is 17.6 Å². The molecule has 1 heterocycles. The quantitative estimate of drug-likeness (QED) is 0.812. The molecule has 1 fully saturated rings. The Kier molecular flexibility index (Phi) is 6.17. The van der Waals surface area contributed by atoms with Crippen LogP contribution in [0.5, 0.6) is 11.5 Å². The lowest BCUT2D eigenvalue weighted by molar-refractivity contribution is -0.136. The monoisotopic (exact) mass is 410 g/mol. The summed E-state index contributed by atoms with van der Waals surface area (Å²) in [6, 6.07) is 8.25. The van der Waals surface area contributed by atoms with Gasteiger partial charge in [-0.05, 0) is 36.4 Å². The summed E-state index contributed by atoms with van der Waals surface area (Å²) in [6.45, 7) is 1.93. The second-order valence-electron chi connectivity index (χ2n) is 6.35. The van der Waals surface area contributed by atoms with Crippen molar-refractivity contribution in [1.29, 1.82) is 0 Å². The first-order valence-corrected chi connectivity index (χ1v) is 8.91. The molecule has 0 bridgehead atoms. The highest BCUT2D eigenvalue weighted by Crippen LogP contribution is 2.38. The SMILES string of the molecule is COc1ccc(C(=O)Nc2ccc(N3CCOCC3)cc2C(F)(F)F)cc1OC. The Morgan fingerprint density at radius 2 is 1.72 bits per heavy atom. The molecule has 0 aliphatic carbocycles. The molecule has 0 saturated carbocycles. The van der Waals surface area contributed by atoms with Crippen LogP contribution >= 0.6 is 0 Å². The summed E-state index contributed by atoms with van der Waals surface area (Å²) in [6.07, 6.45) is -4.62. The van der Waals surface area contributed by atoms with E-state index in [1.54, 1.807) is 6.07 Å². The highest BCUT2D eigenvalue weighted by atomic mass is 19.4. The molecule has 2 aromatic rings. The number of amides is 1. The highest BCUT2D eigenvalue weighted by Gasteiger charge is 2.35. The van der Waals surface area contributed by atoms with Gasteiger partial charge in [-0.15, -0.1) is 0 Å². The zero-order valence-electron chi connectivity index (χ0n) is 16.0. The summed E-state index contributed by atoms with van der Waals surface area (Å²) < 4.78 is 56.4. The van der Waals surface area contributed by atoms with Crippen LogP contribution in [0.15, 0.2) is 36.4 Å². The maximum Gasteiger partial charge on any atom is 0.418 e. The van der Waals surface area contributed by atoms with Crippen molar-refractivity contribution >= 4 is 17.3 Å². The van der Waals surface area contributed by atoms with E-state index in [-0.39, 0.29) is 11.3 Å². The molecule has 6 nitrogen and oxygen atoms in total. The number of anilines is 2. The molecule has 0 atom stereocenters. The topological polar surface area (TPSA) is 60.0 Å². The number of hydrogen-bond acceptors (Lipinski definition) is 5. The lowest BCUT2D eigenvalue weighted by atomic mass is 10.1. The minimum atomic E-state index is -4.62. The van der Waals surface area contributed by atoms with Crippen molar-refractivity contribution in [3.05, 3.63) is 47.5 Å². The fourth-order valence-electron chi connectivity index (χ4n) is 3.07. The van der Waals surface area contributed by atoms with Gasteiger partial charge in [0.05, 0.1) is 38.7 Å². The van der Waals surface area contributed by atoms with Crippen molar-refractivity contribution in [2.24, 2.45) is 0 Å². The van der Waals surface area contributed by atoms with E-state index in [2.05, 4.69) is 5.32 Å². The highest BCUT2D eigenvalue weighted by molar-refractivity contribution is 6.05. The van der Waals surface area contributed by atoms with Crippen molar-refractivity contribution in [2.45, 2.75) is 6.18 Å². The predicted octanol–water partition coefficient (Wildman–Crippen LogP) is 3.81. The molecule has 1 N–H and O–H groups in total. The number of ether oxygens (including phenoxy) is 3. The number of methoxy groups -OCH3 is 2. The van der Waals surface area contributed by atoms with Crippen molar-refractivity contribution < 1.29 is 32.2 Å². The minimum Gasteiger partial charge on any atom is -0.493 e. The summed E-state index contributed by atoms with van der Waals surface area (Å²) >= 11 is 0. The fraction of sp³-hybridized carbons (Fsp3) is 0.350. The van der Waals surface area contributed by atoms with E-state index in [1.165, 1.54) is 38.5 Å². The lowest BCUT2D eigenvalue weighted by Crippen LogP contribution is -2.36. The molecule has 1 saturated heterocycles. The van der Waals surface area contributed by atoms with Gasteiger partial charge in [-0.3, -0.25) is 4.79 Å². The number of halogens is 3. The van der Waals surface area contributed by atoms with Gasteiger partial charge in [0, 0.05) is 24.3 Å². The molecule has 1 aliphatic heterocycles. The van der Waals surface area contributed by atoms with Crippen LogP contribution in [0.2, 0.25) is 0 Å². The summed E-state index contributed by atoms with van der Waals surface area (Å²) in [7, 11) is 2.86. The molecule has 3 rings (SSSR count). The minimum absolute atomic E-state index is 0.146. The normalized spacial score (nSPS) is 14.4. The Bertz CT molecular complexity index is 881. The van der Waals surface area contributed by atoms with E-state index in [0.717, 1.165) is 6.07 Å². The zero-order valence-corrected chi connectivity index (χ0v) is 16.0. The molecule has 9 heteroatoms. The van der Waals surface area contributed by atoms with Gasteiger partial charge in [0.25, 0.3) is 5.91 Å². The van der Waals surface area contributed by atoms with E-state index in [1.807, 2.05) is 4.90 Å². The summed E-state index contributed by atoms with van der Waals surface area (Å²) in [5, 5.41) is 2.35. The first kappa shape index (κ1) is 20.8. The second kappa shape index (κ2) is 8.60. The van der Waals surface area contributed by atoms with Gasteiger partial charge in [-0.25, -0.2) is 0 Å². The van der Waals surface area contributed by atoms with Crippen molar-refractivity contribution in [1.82, 2.24) is 0 Å². The van der Waals surface area contributed by atoms with Gasteiger partial charge in [-0.1, -0.05) is 0 Å². The smallest absolute Gasteiger partial charge is 0.418 e. The van der Waals surface area contributed by atoms with Crippen LogP contribution in [0.3, 0.4) is 0 Å². The number of morpholine rings is 1. The number of carbonyl (C=O) groups is 1. The van der Waals surface area contributed by atoms with Crippen molar-refractivity contribution in [2.75, 3.05) is 50.7 Å². The van der Waals surface area contributed by atoms with Crippen LogP contribution in [0, 0.1) is 0 Å². The van der Waals surface area contributed by atoms with Crippen molar-refractivity contribution in [3.8, 4) is 11.5 Å². The van der Waals surface area contributed by atoms with Gasteiger partial charge < -0.3 is 24.4 Å². The Morgan fingerprint density at radius 1 is 1.03 bits per heavy atom. The molecule has 1 amide bonds. The zero-order chi connectivity index (χ0) is 21.0. The maximum absolute atomic E-state index is 13.6. The van der Waals surface area contributed by atoms with Crippen LogP contribution in [0.4, 0.5) is 24.5 Å². The molecule has 29 heavy (non-hydrogen) atoms. The summed E-state index contributed by atoms with van der Waals surface area (Å²) in [4.78, 5) is 14.4. The van der Waals surface area contributed by atoms with E-state index in [4.69, 9.17) is 14.2 Å². The number of nitrogens with zero attached hydrogens (tertiary/aromatic N) is 1. The average molecular weight is 410 g/mol. The number of carbonyl (C=O) groups excluding carboxylic acids is 1. The number of rotatable bonds is 5. The van der Waals surface area contributed by atoms with Gasteiger partial charge in [0.1, 0.15) is 0 Å². The molecule has 0 unspecified atom stereocenters. The van der Waals surface area contributed by atoms with Crippen molar-refractivity contribution in [3.63, 3.8) is 0 Å². The van der Waals surface area contributed by atoms with Crippen LogP contribution in [0.25, 0.3) is 0 Å². The maximum atomic E-state index is 13.6. The van der Waals surface area contributed by atoms with Crippen LogP contribution in [0.1, 0.15) is 15.9 Å². The van der Waals surface area contributed by atoms with Crippen LogP contribution < -0.4 is 19.7 Å². The Morgan fingerprint density at radius 3 is 2.34 bits per heavy atom. The van der Waals surface area contributed by atoms with E-state index >= 15 is 0 Å². The Labute approximate surface area is 166 Å². The van der Waals surface area contributed by atoms with E-state index in [9.17, 15) is 18.0 Å². The Hall–Kier alpha value is -2.94. The van der Waals surface area contributed by atoms with Gasteiger partial charge in [0.15, 0.2) is 11.5 Å². The van der Waals surface area contributed by atoms with Gasteiger partial charge >= 0.3 is 6.18 Å². The van der Waals surface area contributed by atoms with Crippen LogP contribution in [-0.4, -0.2) is 46.4 Å². The molecule has 1 aliphatic rings. The standard InChI is InChI=1S/C20H21F3N2O4/c1-27-17-6-3-13(11-18(17)28-2)19(26)24-16-5-4-14(12-15(16)20(21,22)23)25-7-9-29-10-8-25/h3-6,11-12H,7-10H2,1-2H3,(H,24,26). The van der Waals surface area contributed by atoms with Crippen LogP contribution in [-0.2, 0) is 10.9 Å². The third-order valence-corrected chi connectivity index (χ3v) is 4.58. The molecule has 2 aromatic carbocycles. The van der Waals surface area contributed by atoms with E-state index in [0.29, 0.717) is 43.5 Å². The fourth-order valence-corrected chi connectivity index (χ4v) is 3.07. The average Bonchev–Trinajstić information content (AvgIpc) is 2.73. The molecular formula is C20H21F3N2O4. The molecule has 0 radical (unpaired) electrons. The molecular weight excluding hydrogens is 389 g/mol. The van der Waals surface area contributed by atoms with Gasteiger partial charge in [-0.2, -0.15) is 13.2 Å². The predicted molar refractivity (Wildman–Crippen MR) is 102 cm³/mol. The second-order valence-corrected chi connectivity index (χ2v) is 6.35. The van der Waals surface area contributed by atoms with Gasteiger partial charge in [0.2, 0.25) is 0 Å². The Balaban J connectivity index is 1.88. The third kappa shape index (κ3) is 4.73. The largest absolute Gasteiger partial charge is 0.493 e. The first-order chi connectivity index (χ1) is 13.8. The number of nitrogens with one attached hydrogen (secondary N) is 1. The molecule has 156 valence electrons.